The van der Waals surface area contributed by atoms with Gasteiger partial charge in [-0.3, -0.25) is 10.1 Å². The normalized spacial score (nSPS) is 31.7. The average Bonchev–Trinajstić information content (AvgIpc) is 2.52. The molecule has 1 aliphatic rings. The Balaban J connectivity index is 2.09. The van der Waals surface area contributed by atoms with Crippen LogP contribution < -0.4 is 4.74 Å². The summed E-state index contributed by atoms with van der Waals surface area (Å²) in [6, 6.07) is 5.17. The van der Waals surface area contributed by atoms with Crippen LogP contribution in [0.3, 0.4) is 0 Å². The van der Waals surface area contributed by atoms with Crippen molar-refractivity contribution < 1.29 is 34.5 Å². The van der Waals surface area contributed by atoms with Gasteiger partial charge in [0.05, 0.1) is 11.5 Å². The summed E-state index contributed by atoms with van der Waals surface area (Å²) < 4.78 is 15.7. The smallest absolute Gasteiger partial charge is 0.269 e. The van der Waals surface area contributed by atoms with Gasteiger partial charge in [0.25, 0.3) is 5.69 Å². The molecule has 22 heavy (non-hydrogen) atoms. The highest BCUT2D eigenvalue weighted by Gasteiger charge is 2.45. The van der Waals surface area contributed by atoms with Crippen LogP contribution in [0.5, 0.6) is 5.75 Å². The van der Waals surface area contributed by atoms with Gasteiger partial charge in [0.2, 0.25) is 6.29 Å². The topological polar surface area (TPSA) is 132 Å². The van der Waals surface area contributed by atoms with Gasteiger partial charge in [-0.2, -0.15) is 0 Å². The summed E-state index contributed by atoms with van der Waals surface area (Å²) in [5, 5.41) is 39.8. The maximum absolute atomic E-state index is 10.6. The molecule has 0 bridgehead atoms. The van der Waals surface area contributed by atoms with Gasteiger partial charge in [-0.15, -0.1) is 0 Å². The number of ether oxygens (including phenoxy) is 3. The minimum absolute atomic E-state index is 0.106. The van der Waals surface area contributed by atoms with Gasteiger partial charge in [0.15, 0.2) is 0 Å². The lowest BCUT2D eigenvalue weighted by molar-refractivity contribution is -0.384. The minimum atomic E-state index is -1.40. The van der Waals surface area contributed by atoms with Crippen LogP contribution in [0.1, 0.15) is 0 Å². The number of hydrogen-bond acceptors (Lipinski definition) is 8. The molecule has 1 aromatic carbocycles. The summed E-state index contributed by atoms with van der Waals surface area (Å²) in [6.07, 6.45) is -5.70. The van der Waals surface area contributed by atoms with E-state index in [1.54, 1.807) is 0 Å². The summed E-state index contributed by atoms with van der Waals surface area (Å²) in [5.74, 6) is 0.217. The van der Waals surface area contributed by atoms with E-state index in [9.17, 15) is 25.4 Å². The third-order valence-electron chi connectivity index (χ3n) is 3.39. The van der Waals surface area contributed by atoms with E-state index >= 15 is 0 Å². The molecule has 1 aromatic rings. The van der Waals surface area contributed by atoms with Crippen molar-refractivity contribution in [2.45, 2.75) is 30.7 Å². The molecule has 0 spiro atoms. The van der Waals surface area contributed by atoms with Crippen LogP contribution >= 0.6 is 0 Å². The summed E-state index contributed by atoms with van der Waals surface area (Å²) in [6.45, 7) is -0.428. The maximum Gasteiger partial charge on any atom is 0.269 e. The highest BCUT2D eigenvalue weighted by Crippen LogP contribution is 2.26. The lowest BCUT2D eigenvalue weighted by atomic mass is 9.99. The molecule has 5 atom stereocenters. The third kappa shape index (κ3) is 3.34. The van der Waals surface area contributed by atoms with Gasteiger partial charge in [0.1, 0.15) is 30.2 Å². The number of nitro groups is 1. The van der Waals surface area contributed by atoms with Gasteiger partial charge < -0.3 is 29.5 Å². The molecule has 122 valence electrons. The molecule has 1 aliphatic heterocycles. The SMILES string of the molecule is CO[C@@H]1[C@H](O)[C@@H](O)[C@@H](Oc2ccc([N+](=O)[O-])cc2)O[C@@H]1CO. The second kappa shape index (κ2) is 6.99. The molecule has 9 nitrogen and oxygen atoms in total. The van der Waals surface area contributed by atoms with E-state index in [0.717, 1.165) is 0 Å². The highest BCUT2D eigenvalue weighted by molar-refractivity contribution is 5.36. The van der Waals surface area contributed by atoms with Crippen LogP contribution in [0.4, 0.5) is 5.69 Å². The fraction of sp³-hybridized carbons (Fsp3) is 0.538. The molecule has 1 heterocycles. The fourth-order valence-electron chi connectivity index (χ4n) is 2.22. The third-order valence-corrected chi connectivity index (χ3v) is 3.39. The van der Waals surface area contributed by atoms with E-state index in [1.165, 1.54) is 31.4 Å². The Bertz CT molecular complexity index is 505. The molecule has 0 aromatic heterocycles. The first-order valence-corrected chi connectivity index (χ1v) is 6.54. The molecule has 0 aliphatic carbocycles. The van der Waals surface area contributed by atoms with E-state index in [4.69, 9.17) is 14.2 Å². The zero-order valence-electron chi connectivity index (χ0n) is 11.7. The molecule has 0 unspecified atom stereocenters. The Morgan fingerprint density at radius 3 is 2.41 bits per heavy atom. The fourth-order valence-corrected chi connectivity index (χ4v) is 2.22. The maximum atomic E-state index is 10.6. The molecule has 9 heteroatoms. The van der Waals surface area contributed by atoms with Crippen molar-refractivity contribution in [1.29, 1.82) is 0 Å². The quantitative estimate of drug-likeness (QED) is 0.486. The summed E-state index contributed by atoms with van der Waals surface area (Å²) in [7, 11) is 1.32. The number of nitro benzene ring substituents is 1. The number of non-ortho nitro benzene ring substituents is 1. The predicted octanol–water partition coefficient (Wildman–Crippen LogP) is -0.572. The first-order valence-electron chi connectivity index (χ1n) is 6.54. The number of rotatable bonds is 5. The molecule has 1 fully saturated rings. The van der Waals surface area contributed by atoms with Crippen molar-refractivity contribution in [1.82, 2.24) is 0 Å². The standard InChI is InChI=1S/C13H17NO8/c1-20-12-9(6-15)22-13(11(17)10(12)16)21-8-4-2-7(3-5-8)14(18)19/h2-5,9-13,15-17H,6H2,1H3/t9-,10-,11-,12+,13+/m1/s1. The number of benzene rings is 1. The second-order valence-electron chi connectivity index (χ2n) is 4.78. The van der Waals surface area contributed by atoms with E-state index in [1.807, 2.05) is 0 Å². The van der Waals surface area contributed by atoms with Gasteiger partial charge in [-0.1, -0.05) is 0 Å². The Morgan fingerprint density at radius 2 is 1.91 bits per heavy atom. The van der Waals surface area contributed by atoms with Crippen molar-refractivity contribution >= 4 is 5.69 Å². The molecule has 0 radical (unpaired) electrons. The first-order chi connectivity index (χ1) is 10.5. The number of methoxy groups -OCH3 is 1. The number of hydrogen-bond donors (Lipinski definition) is 3. The van der Waals surface area contributed by atoms with Crippen molar-refractivity contribution in [3.63, 3.8) is 0 Å². The van der Waals surface area contributed by atoms with Crippen LogP contribution in [-0.2, 0) is 9.47 Å². The first kappa shape index (κ1) is 16.6. The number of aliphatic hydroxyl groups is 3. The minimum Gasteiger partial charge on any atom is -0.462 e. The van der Waals surface area contributed by atoms with Gasteiger partial charge >= 0.3 is 0 Å². The summed E-state index contributed by atoms with van der Waals surface area (Å²) >= 11 is 0. The van der Waals surface area contributed by atoms with Gasteiger partial charge in [-0.05, 0) is 12.1 Å². The predicted molar refractivity (Wildman–Crippen MR) is 72.3 cm³/mol. The molecule has 1 saturated heterocycles. The average molecular weight is 315 g/mol. The van der Waals surface area contributed by atoms with Crippen LogP contribution in [0, 0.1) is 10.1 Å². The Morgan fingerprint density at radius 1 is 1.27 bits per heavy atom. The highest BCUT2D eigenvalue weighted by atomic mass is 16.7. The second-order valence-corrected chi connectivity index (χ2v) is 4.78. The largest absolute Gasteiger partial charge is 0.462 e. The van der Waals surface area contributed by atoms with Crippen molar-refractivity contribution in [2.24, 2.45) is 0 Å². The van der Waals surface area contributed by atoms with Crippen molar-refractivity contribution in [3.8, 4) is 5.75 Å². The number of nitrogens with zero attached hydrogens (tertiary/aromatic N) is 1. The Hall–Kier alpha value is -1.78. The lowest BCUT2D eigenvalue weighted by Gasteiger charge is -2.41. The zero-order chi connectivity index (χ0) is 16.3. The molecular weight excluding hydrogens is 298 g/mol. The summed E-state index contributed by atoms with van der Waals surface area (Å²) in [4.78, 5) is 10.0. The monoisotopic (exact) mass is 315 g/mol. The van der Waals surface area contributed by atoms with Crippen LogP contribution in [0.25, 0.3) is 0 Å². The number of aliphatic hydroxyl groups excluding tert-OH is 3. The Kier molecular flexibility index (Phi) is 5.27. The molecule has 0 amide bonds. The lowest BCUT2D eigenvalue weighted by Crippen LogP contribution is -2.60. The van der Waals surface area contributed by atoms with E-state index in [-0.39, 0.29) is 11.4 Å². The van der Waals surface area contributed by atoms with E-state index in [2.05, 4.69) is 0 Å². The van der Waals surface area contributed by atoms with Crippen molar-refractivity contribution in [3.05, 3.63) is 34.4 Å². The molecular formula is C13H17NO8. The Labute approximate surface area is 125 Å². The zero-order valence-corrected chi connectivity index (χ0v) is 11.7. The van der Waals surface area contributed by atoms with Gasteiger partial charge in [-0.25, -0.2) is 0 Å². The molecule has 0 saturated carbocycles. The van der Waals surface area contributed by atoms with Crippen LogP contribution in [0.15, 0.2) is 24.3 Å². The van der Waals surface area contributed by atoms with E-state index < -0.39 is 42.2 Å². The van der Waals surface area contributed by atoms with E-state index in [0.29, 0.717) is 0 Å². The molecule has 2 rings (SSSR count). The van der Waals surface area contributed by atoms with Crippen molar-refractivity contribution in [2.75, 3.05) is 13.7 Å². The molecule has 3 N–H and O–H groups in total. The van der Waals surface area contributed by atoms with Gasteiger partial charge in [0, 0.05) is 19.2 Å². The van der Waals surface area contributed by atoms with Crippen LogP contribution in [0.2, 0.25) is 0 Å². The summed E-state index contributed by atoms with van der Waals surface area (Å²) in [5.41, 5.74) is -0.106. The van der Waals surface area contributed by atoms with Crippen LogP contribution in [-0.4, -0.2) is 64.7 Å².